The van der Waals surface area contributed by atoms with E-state index < -0.39 is 10.9 Å². The fourth-order valence-electron chi connectivity index (χ4n) is 2.15. The van der Waals surface area contributed by atoms with Gasteiger partial charge in [0.25, 0.3) is 5.69 Å². The number of nitrogens with zero attached hydrogens (tertiary/aromatic N) is 1. The summed E-state index contributed by atoms with van der Waals surface area (Å²) in [6.45, 7) is 0. The van der Waals surface area contributed by atoms with Gasteiger partial charge in [0.15, 0.2) is 17.8 Å². The normalized spacial score (nSPS) is 10.0. The fraction of sp³-hybridized carbons (Fsp3) is 0.176. The highest BCUT2D eigenvalue weighted by Crippen LogP contribution is 2.28. The van der Waals surface area contributed by atoms with Crippen molar-refractivity contribution in [3.8, 4) is 17.2 Å². The summed E-state index contributed by atoms with van der Waals surface area (Å²) >= 11 is 0. The van der Waals surface area contributed by atoms with Crippen LogP contribution in [-0.4, -0.2) is 31.4 Å². The Morgan fingerprint density at radius 2 is 1.76 bits per heavy atom. The molecular formula is C17H15NO7. The molecule has 0 N–H and O–H groups in total. The molecule has 0 fully saturated rings. The van der Waals surface area contributed by atoms with Crippen LogP contribution in [-0.2, 0) is 11.2 Å². The van der Waals surface area contributed by atoms with Gasteiger partial charge in [-0.05, 0) is 23.8 Å². The van der Waals surface area contributed by atoms with Crippen LogP contribution in [0.1, 0.15) is 15.9 Å². The lowest BCUT2D eigenvalue weighted by atomic mass is 10.1. The van der Waals surface area contributed by atoms with E-state index in [0.717, 1.165) is 12.1 Å². The predicted molar refractivity (Wildman–Crippen MR) is 87.4 cm³/mol. The molecule has 0 unspecified atom stereocenters. The van der Waals surface area contributed by atoms with Gasteiger partial charge in [0.1, 0.15) is 5.75 Å². The molecule has 0 aromatic heterocycles. The van der Waals surface area contributed by atoms with E-state index in [2.05, 4.69) is 0 Å². The molecule has 0 amide bonds. The van der Waals surface area contributed by atoms with Crippen molar-refractivity contribution in [1.29, 1.82) is 0 Å². The number of non-ortho nitro benzene ring substituents is 1. The molecule has 0 bridgehead atoms. The van der Waals surface area contributed by atoms with E-state index >= 15 is 0 Å². The smallest absolute Gasteiger partial charge is 0.315 e. The van der Waals surface area contributed by atoms with Crippen molar-refractivity contribution in [3.05, 3.63) is 57.6 Å². The first-order valence-corrected chi connectivity index (χ1v) is 7.13. The summed E-state index contributed by atoms with van der Waals surface area (Å²) in [7, 11) is 2.98. The Hall–Kier alpha value is -3.42. The zero-order valence-corrected chi connectivity index (χ0v) is 13.6. The van der Waals surface area contributed by atoms with Crippen LogP contribution in [0.25, 0.3) is 0 Å². The zero-order valence-electron chi connectivity index (χ0n) is 13.6. The maximum absolute atomic E-state index is 12.1. The second-order valence-electron chi connectivity index (χ2n) is 4.94. The molecule has 0 saturated carbocycles. The van der Waals surface area contributed by atoms with Gasteiger partial charge in [-0.15, -0.1) is 0 Å². The molecule has 0 aliphatic carbocycles. The zero-order chi connectivity index (χ0) is 18.4. The standard InChI is InChI=1S/C17H15NO7/c1-23-15-5-3-11(7-16(15)24-2)8-17(20)25-14-6-4-13(18(21)22)9-12(14)10-19/h3-7,9-10H,8H2,1-2H3. The number of esters is 1. The monoisotopic (exact) mass is 345 g/mol. The van der Waals surface area contributed by atoms with Crippen LogP contribution < -0.4 is 14.2 Å². The van der Waals surface area contributed by atoms with E-state index in [9.17, 15) is 19.7 Å². The van der Waals surface area contributed by atoms with Crippen molar-refractivity contribution in [3.63, 3.8) is 0 Å². The van der Waals surface area contributed by atoms with Gasteiger partial charge in [0.2, 0.25) is 0 Å². The Labute approximate surface area is 143 Å². The summed E-state index contributed by atoms with van der Waals surface area (Å²) in [5.74, 6) is 0.338. The van der Waals surface area contributed by atoms with Gasteiger partial charge in [-0.25, -0.2) is 0 Å². The van der Waals surface area contributed by atoms with Crippen LogP contribution in [0, 0.1) is 10.1 Å². The lowest BCUT2D eigenvalue weighted by Gasteiger charge is -2.10. The summed E-state index contributed by atoms with van der Waals surface area (Å²) in [5, 5.41) is 10.7. The SMILES string of the molecule is COc1ccc(CC(=O)Oc2ccc([N+](=O)[O-])cc2C=O)cc1OC. The van der Waals surface area contributed by atoms with E-state index in [1.54, 1.807) is 18.2 Å². The first kappa shape index (κ1) is 17.9. The molecule has 0 heterocycles. The number of methoxy groups -OCH3 is 2. The van der Waals surface area contributed by atoms with Gasteiger partial charge < -0.3 is 14.2 Å². The van der Waals surface area contributed by atoms with E-state index in [1.807, 2.05) is 0 Å². The van der Waals surface area contributed by atoms with Gasteiger partial charge in [0.05, 0.1) is 31.1 Å². The number of carbonyl (C=O) groups is 2. The molecule has 8 heteroatoms. The summed E-state index contributed by atoms with van der Waals surface area (Å²) in [5.41, 5.74) is 0.286. The number of carbonyl (C=O) groups excluding carboxylic acids is 2. The van der Waals surface area contributed by atoms with Crippen LogP contribution in [0.4, 0.5) is 5.69 Å². The minimum absolute atomic E-state index is 0.0360. The molecule has 0 aliphatic rings. The Balaban J connectivity index is 2.15. The number of rotatable bonds is 7. The third kappa shape index (κ3) is 4.31. The average Bonchev–Trinajstić information content (AvgIpc) is 2.61. The van der Waals surface area contributed by atoms with Crippen molar-refractivity contribution in [2.75, 3.05) is 14.2 Å². The van der Waals surface area contributed by atoms with Crippen molar-refractivity contribution in [2.24, 2.45) is 0 Å². The largest absolute Gasteiger partial charge is 0.493 e. The lowest BCUT2D eigenvalue weighted by Crippen LogP contribution is -2.12. The van der Waals surface area contributed by atoms with Gasteiger partial charge in [-0.3, -0.25) is 19.7 Å². The number of nitro groups is 1. The van der Waals surface area contributed by atoms with E-state index in [-0.39, 0.29) is 23.4 Å². The summed E-state index contributed by atoms with van der Waals surface area (Å²) < 4.78 is 15.4. The van der Waals surface area contributed by atoms with Crippen molar-refractivity contribution < 1.29 is 28.7 Å². The molecule has 8 nitrogen and oxygen atoms in total. The Kier molecular flexibility index (Phi) is 5.67. The Morgan fingerprint density at radius 1 is 1.08 bits per heavy atom. The van der Waals surface area contributed by atoms with Crippen molar-refractivity contribution in [2.45, 2.75) is 6.42 Å². The number of benzene rings is 2. The fourth-order valence-corrected chi connectivity index (χ4v) is 2.15. The Morgan fingerprint density at radius 3 is 2.36 bits per heavy atom. The molecule has 0 radical (unpaired) electrons. The number of hydrogen-bond acceptors (Lipinski definition) is 7. The lowest BCUT2D eigenvalue weighted by molar-refractivity contribution is -0.384. The van der Waals surface area contributed by atoms with Crippen LogP contribution >= 0.6 is 0 Å². The third-order valence-electron chi connectivity index (χ3n) is 3.35. The van der Waals surface area contributed by atoms with E-state index in [1.165, 1.54) is 20.3 Å². The minimum atomic E-state index is -0.637. The minimum Gasteiger partial charge on any atom is -0.493 e. The maximum atomic E-state index is 12.1. The number of aldehydes is 1. The molecule has 0 spiro atoms. The second-order valence-corrected chi connectivity index (χ2v) is 4.94. The molecular weight excluding hydrogens is 330 g/mol. The van der Waals surface area contributed by atoms with Gasteiger partial charge in [-0.2, -0.15) is 0 Å². The van der Waals surface area contributed by atoms with Crippen LogP contribution in [0.3, 0.4) is 0 Å². The molecule has 0 saturated heterocycles. The van der Waals surface area contributed by atoms with Gasteiger partial charge in [-0.1, -0.05) is 6.07 Å². The topological polar surface area (TPSA) is 105 Å². The quantitative estimate of drug-likeness (QED) is 0.250. The number of hydrogen-bond donors (Lipinski definition) is 0. The highest BCUT2D eigenvalue weighted by molar-refractivity contribution is 5.84. The van der Waals surface area contributed by atoms with E-state index in [4.69, 9.17) is 14.2 Å². The molecule has 2 aromatic rings. The van der Waals surface area contributed by atoms with Gasteiger partial charge in [0, 0.05) is 12.1 Å². The van der Waals surface area contributed by atoms with Crippen LogP contribution in [0.2, 0.25) is 0 Å². The third-order valence-corrected chi connectivity index (χ3v) is 3.35. The summed E-state index contributed by atoms with van der Waals surface area (Å²) in [4.78, 5) is 33.2. The molecule has 25 heavy (non-hydrogen) atoms. The molecule has 0 atom stereocenters. The highest BCUT2D eigenvalue weighted by atomic mass is 16.6. The highest BCUT2D eigenvalue weighted by Gasteiger charge is 2.15. The average molecular weight is 345 g/mol. The maximum Gasteiger partial charge on any atom is 0.315 e. The first-order chi connectivity index (χ1) is 12.0. The van der Waals surface area contributed by atoms with Crippen LogP contribution in [0.5, 0.6) is 17.2 Å². The summed E-state index contributed by atoms with van der Waals surface area (Å²) in [6, 6.07) is 8.40. The molecule has 130 valence electrons. The Bertz CT molecular complexity index is 817. The van der Waals surface area contributed by atoms with Crippen LogP contribution in [0.15, 0.2) is 36.4 Å². The second kappa shape index (κ2) is 7.91. The molecule has 2 rings (SSSR count). The van der Waals surface area contributed by atoms with Crippen molar-refractivity contribution >= 4 is 17.9 Å². The first-order valence-electron chi connectivity index (χ1n) is 7.13. The van der Waals surface area contributed by atoms with E-state index in [0.29, 0.717) is 23.3 Å². The number of nitro benzene ring substituents is 1. The molecule has 0 aliphatic heterocycles. The summed E-state index contributed by atoms with van der Waals surface area (Å²) in [6.07, 6.45) is 0.321. The van der Waals surface area contributed by atoms with Gasteiger partial charge >= 0.3 is 5.97 Å². The predicted octanol–water partition coefficient (Wildman–Crippen LogP) is 2.57. The molecule has 2 aromatic carbocycles. The number of ether oxygens (including phenoxy) is 3. The van der Waals surface area contributed by atoms with Crippen molar-refractivity contribution in [1.82, 2.24) is 0 Å².